The van der Waals surface area contributed by atoms with Crippen molar-refractivity contribution in [3.05, 3.63) is 59.2 Å². The molecule has 6 nitrogen and oxygen atoms in total. The Hall–Kier alpha value is -2.51. The van der Waals surface area contributed by atoms with Gasteiger partial charge >= 0.3 is 0 Å². The van der Waals surface area contributed by atoms with Crippen LogP contribution in [0.25, 0.3) is 0 Å². The van der Waals surface area contributed by atoms with E-state index in [0.717, 1.165) is 23.1 Å². The molecule has 1 unspecified atom stereocenters. The molecule has 31 heavy (non-hydrogen) atoms. The largest absolute Gasteiger partial charge is 0.274 e. The van der Waals surface area contributed by atoms with Crippen LogP contribution in [0, 0.1) is 44.4 Å². The first-order valence-electron chi connectivity index (χ1n) is 10.8. The Kier molecular flexibility index (Phi) is 3.74. The molecule has 2 saturated heterocycles. The maximum absolute atomic E-state index is 13.4. The van der Waals surface area contributed by atoms with Crippen LogP contribution in [0.4, 0.5) is 5.69 Å². The highest BCUT2D eigenvalue weighted by atomic mass is 32.2. The van der Waals surface area contributed by atoms with Gasteiger partial charge in [0.15, 0.2) is 0 Å². The highest BCUT2D eigenvalue weighted by molar-refractivity contribution is 7.89. The average Bonchev–Trinajstić information content (AvgIpc) is 3.13. The van der Waals surface area contributed by atoms with Crippen LogP contribution in [0.5, 0.6) is 0 Å². The minimum atomic E-state index is -3.61. The number of aryl methyl sites for hydroxylation is 2. The molecule has 2 bridgehead atoms. The zero-order valence-corrected chi connectivity index (χ0v) is 18.5. The Bertz CT molecular complexity index is 1220. The van der Waals surface area contributed by atoms with Crippen molar-refractivity contribution >= 4 is 27.5 Å². The lowest BCUT2D eigenvalue weighted by molar-refractivity contribution is -0.123. The lowest BCUT2D eigenvalue weighted by Gasteiger charge is -2.22. The Morgan fingerprint density at radius 1 is 0.839 bits per heavy atom. The van der Waals surface area contributed by atoms with Crippen molar-refractivity contribution in [3.63, 3.8) is 0 Å². The van der Waals surface area contributed by atoms with Crippen molar-refractivity contribution in [2.75, 3.05) is 4.90 Å². The fourth-order valence-electron chi connectivity index (χ4n) is 6.42. The number of hydrogen-bond acceptors (Lipinski definition) is 4. The molecule has 2 saturated carbocycles. The summed E-state index contributed by atoms with van der Waals surface area (Å²) in [6.45, 7) is 5.82. The molecule has 2 aliphatic heterocycles. The van der Waals surface area contributed by atoms with Crippen LogP contribution < -0.4 is 4.90 Å². The molecule has 2 aromatic carbocycles. The standard InChI is InChI=1S/C24H24N2O4S/c1-12-7-9-15(10-8-12)31(29,30)26-21-16-11-17(22(21)26)20-19(16)23(27)25(24(20)28)18-6-4-5-13(2)14(18)3/h4-10,16-17,19-22H,11H2,1-3H3/t16-,17+,19-,20+,21+,22-,26?. The van der Waals surface area contributed by atoms with Crippen LogP contribution in [0.2, 0.25) is 0 Å². The van der Waals surface area contributed by atoms with E-state index < -0.39 is 21.9 Å². The zero-order chi connectivity index (χ0) is 21.8. The lowest BCUT2D eigenvalue weighted by Crippen LogP contribution is -2.35. The van der Waals surface area contributed by atoms with Gasteiger partial charge in [-0.1, -0.05) is 29.8 Å². The van der Waals surface area contributed by atoms with Crippen molar-refractivity contribution in [1.82, 2.24) is 4.31 Å². The number of benzene rings is 2. The van der Waals surface area contributed by atoms with E-state index in [9.17, 15) is 18.0 Å². The van der Waals surface area contributed by atoms with Crippen LogP contribution in [0.15, 0.2) is 47.4 Å². The number of anilines is 1. The van der Waals surface area contributed by atoms with Gasteiger partial charge in [-0.25, -0.2) is 13.3 Å². The summed E-state index contributed by atoms with van der Waals surface area (Å²) in [5, 5.41) is 0. The second kappa shape index (κ2) is 6.04. The van der Waals surface area contributed by atoms with Crippen LogP contribution >= 0.6 is 0 Å². The molecule has 6 rings (SSSR count). The fraction of sp³-hybridized carbons (Fsp3) is 0.417. The molecule has 2 amide bonds. The Labute approximate surface area is 181 Å². The first-order valence-corrected chi connectivity index (χ1v) is 12.2. The lowest BCUT2D eigenvalue weighted by atomic mass is 9.81. The molecular weight excluding hydrogens is 412 g/mol. The molecule has 7 heteroatoms. The van der Waals surface area contributed by atoms with Gasteiger partial charge in [-0.3, -0.25) is 9.59 Å². The predicted molar refractivity (Wildman–Crippen MR) is 115 cm³/mol. The Balaban J connectivity index is 1.33. The molecule has 2 aliphatic carbocycles. The smallest absolute Gasteiger partial charge is 0.243 e. The Morgan fingerprint density at radius 3 is 2.00 bits per heavy atom. The van der Waals surface area contributed by atoms with Gasteiger partial charge < -0.3 is 0 Å². The summed E-state index contributed by atoms with van der Waals surface area (Å²) in [4.78, 5) is 28.5. The SMILES string of the molecule is Cc1ccc(S(=O)(=O)N2[C@@H]3[C@H]4C[C@H]([C@H]5C(=O)N(c6cccc(C)c6C)C(=O)[C@@H]45)[C@@H]32)cc1. The van der Waals surface area contributed by atoms with Crippen LogP contribution in [0.1, 0.15) is 23.1 Å². The second-order valence-electron chi connectivity index (χ2n) is 9.48. The number of rotatable bonds is 3. The van der Waals surface area contributed by atoms with Crippen molar-refractivity contribution in [3.8, 4) is 0 Å². The van der Waals surface area contributed by atoms with E-state index in [1.807, 2.05) is 39.0 Å². The van der Waals surface area contributed by atoms with Crippen LogP contribution in [-0.4, -0.2) is 36.6 Å². The summed E-state index contributed by atoms with van der Waals surface area (Å²) in [5.41, 5.74) is 3.64. The molecule has 0 aromatic heterocycles. The number of carbonyl (C=O) groups excluding carboxylic acids is 2. The van der Waals surface area contributed by atoms with E-state index in [4.69, 9.17) is 0 Å². The van der Waals surface area contributed by atoms with Crippen molar-refractivity contribution < 1.29 is 18.0 Å². The summed E-state index contributed by atoms with van der Waals surface area (Å²) >= 11 is 0. The topological polar surface area (TPSA) is 74.5 Å². The van der Waals surface area contributed by atoms with Gasteiger partial charge in [-0.05, 0) is 68.4 Å². The minimum absolute atomic E-state index is 0.0770. The second-order valence-corrected chi connectivity index (χ2v) is 11.3. The van der Waals surface area contributed by atoms with Gasteiger partial charge in [-0.15, -0.1) is 0 Å². The number of sulfonamides is 1. The third kappa shape index (κ3) is 2.33. The summed E-state index contributed by atoms with van der Waals surface area (Å²) in [7, 11) is -3.61. The average molecular weight is 437 g/mol. The number of amides is 2. The first-order chi connectivity index (χ1) is 14.7. The van der Waals surface area contributed by atoms with Crippen LogP contribution in [0.3, 0.4) is 0 Å². The number of fused-ring (bicyclic) bond motifs is 8. The van der Waals surface area contributed by atoms with E-state index in [1.165, 1.54) is 4.90 Å². The van der Waals surface area contributed by atoms with E-state index in [0.29, 0.717) is 5.69 Å². The summed E-state index contributed by atoms with van der Waals surface area (Å²) in [5.74, 6) is -1.28. The molecule has 2 heterocycles. The van der Waals surface area contributed by atoms with Gasteiger partial charge in [0, 0.05) is 12.1 Å². The van der Waals surface area contributed by atoms with E-state index >= 15 is 0 Å². The summed E-state index contributed by atoms with van der Waals surface area (Å²) in [6.07, 6.45) is 0.767. The van der Waals surface area contributed by atoms with E-state index in [2.05, 4.69) is 0 Å². The number of hydrogen-bond donors (Lipinski definition) is 0. The molecule has 0 N–H and O–H groups in total. The number of nitrogens with zero attached hydrogens (tertiary/aromatic N) is 2. The molecule has 2 aromatic rings. The van der Waals surface area contributed by atoms with Crippen molar-refractivity contribution in [2.45, 2.75) is 44.2 Å². The van der Waals surface area contributed by atoms with E-state index in [1.54, 1.807) is 28.6 Å². The summed E-state index contributed by atoms with van der Waals surface area (Å²) < 4.78 is 28.0. The van der Waals surface area contributed by atoms with Gasteiger partial charge in [0.2, 0.25) is 21.8 Å². The molecule has 4 fully saturated rings. The van der Waals surface area contributed by atoms with Gasteiger partial charge in [0.1, 0.15) is 0 Å². The van der Waals surface area contributed by atoms with Crippen molar-refractivity contribution in [2.24, 2.45) is 23.7 Å². The molecule has 7 atom stereocenters. The maximum Gasteiger partial charge on any atom is 0.243 e. The normalized spacial score (nSPS) is 35.5. The highest BCUT2D eigenvalue weighted by Gasteiger charge is 2.78. The minimum Gasteiger partial charge on any atom is -0.274 e. The van der Waals surface area contributed by atoms with Crippen molar-refractivity contribution in [1.29, 1.82) is 0 Å². The number of piperidine rings is 1. The monoisotopic (exact) mass is 436 g/mol. The Morgan fingerprint density at radius 2 is 1.42 bits per heavy atom. The van der Waals surface area contributed by atoms with E-state index in [-0.39, 0.29) is 40.6 Å². The third-order valence-electron chi connectivity index (χ3n) is 8.00. The van der Waals surface area contributed by atoms with Gasteiger partial charge in [0.05, 0.1) is 22.4 Å². The maximum atomic E-state index is 13.4. The fourth-order valence-corrected chi connectivity index (χ4v) is 8.29. The van der Waals surface area contributed by atoms with Gasteiger partial charge in [0.25, 0.3) is 0 Å². The summed E-state index contributed by atoms with van der Waals surface area (Å²) in [6, 6.07) is 12.2. The molecule has 160 valence electrons. The molecular formula is C24H24N2O4S. The van der Waals surface area contributed by atoms with Gasteiger partial charge in [-0.2, -0.15) is 4.31 Å². The highest BCUT2D eigenvalue weighted by Crippen LogP contribution is 2.66. The third-order valence-corrected chi connectivity index (χ3v) is 9.91. The number of imide groups is 1. The molecule has 0 radical (unpaired) electrons. The zero-order valence-electron chi connectivity index (χ0n) is 17.6. The molecule has 0 spiro atoms. The van der Waals surface area contributed by atoms with Crippen LogP contribution in [-0.2, 0) is 19.6 Å². The predicted octanol–water partition coefficient (Wildman–Crippen LogP) is 2.81. The first kappa shape index (κ1) is 19.2. The number of carbonyl (C=O) groups is 2. The quantitative estimate of drug-likeness (QED) is 0.548. The molecule has 4 aliphatic rings.